The molecule has 0 aliphatic heterocycles. The van der Waals surface area contributed by atoms with Gasteiger partial charge in [-0.05, 0) is 23.7 Å². The zero-order valence-corrected chi connectivity index (χ0v) is 12.5. The van der Waals surface area contributed by atoms with E-state index in [2.05, 4.69) is 0 Å². The van der Waals surface area contributed by atoms with Gasteiger partial charge in [-0.25, -0.2) is 4.79 Å². The van der Waals surface area contributed by atoms with Crippen LogP contribution >= 0.6 is 11.8 Å². The third-order valence-corrected chi connectivity index (χ3v) is 3.99. The smallest absolute Gasteiger partial charge is 0.407 e. The van der Waals surface area contributed by atoms with Crippen molar-refractivity contribution in [1.82, 2.24) is 4.90 Å². The molecule has 0 aliphatic carbocycles. The molecular weight excluding hydrogens is 274 g/mol. The first-order valence-electron chi connectivity index (χ1n) is 6.69. The lowest BCUT2D eigenvalue weighted by Crippen LogP contribution is -2.34. The van der Waals surface area contributed by atoms with Crippen LogP contribution in [0.4, 0.5) is 4.79 Å². The van der Waals surface area contributed by atoms with Crippen molar-refractivity contribution in [1.29, 1.82) is 0 Å². The van der Waals surface area contributed by atoms with Crippen LogP contribution in [0.1, 0.15) is 24.8 Å². The molecule has 0 saturated carbocycles. The molecular formula is C15H21NO3S. The van der Waals surface area contributed by atoms with Gasteiger partial charge in [0, 0.05) is 18.8 Å². The summed E-state index contributed by atoms with van der Waals surface area (Å²) in [6.45, 7) is 3.04. The predicted molar refractivity (Wildman–Crippen MR) is 82.5 cm³/mol. The summed E-state index contributed by atoms with van der Waals surface area (Å²) >= 11 is 1.53. The first-order valence-corrected chi connectivity index (χ1v) is 7.84. The van der Waals surface area contributed by atoms with E-state index in [-0.39, 0.29) is 5.92 Å². The highest BCUT2D eigenvalue weighted by Crippen LogP contribution is 2.16. The Bertz CT molecular complexity index is 411. The van der Waals surface area contributed by atoms with E-state index in [1.54, 1.807) is 0 Å². The Kier molecular flexibility index (Phi) is 7.80. The first kappa shape index (κ1) is 16.6. The van der Waals surface area contributed by atoms with Gasteiger partial charge < -0.3 is 14.8 Å². The van der Waals surface area contributed by atoms with E-state index in [0.29, 0.717) is 18.8 Å². The Labute approximate surface area is 124 Å². The van der Waals surface area contributed by atoms with Crippen LogP contribution in [0.2, 0.25) is 0 Å². The third-order valence-electron chi connectivity index (χ3n) is 3.04. The summed E-state index contributed by atoms with van der Waals surface area (Å²) in [6.07, 6.45) is 0.761. The number of amides is 1. The Morgan fingerprint density at radius 3 is 2.70 bits per heavy atom. The second kappa shape index (κ2) is 9.42. The van der Waals surface area contributed by atoms with Gasteiger partial charge in [-0.2, -0.15) is 11.8 Å². The summed E-state index contributed by atoms with van der Waals surface area (Å²) in [5.74, 6) is 1.46. The Hall–Kier alpha value is -1.49. The first-order chi connectivity index (χ1) is 9.65. The highest BCUT2D eigenvalue weighted by Gasteiger charge is 2.16. The van der Waals surface area contributed by atoms with Crippen LogP contribution in [-0.2, 0) is 4.79 Å². The highest BCUT2D eigenvalue weighted by molar-refractivity contribution is 7.99. The highest BCUT2D eigenvalue weighted by atomic mass is 32.2. The maximum atomic E-state index is 11.2. The monoisotopic (exact) mass is 295 g/mol. The molecule has 4 nitrogen and oxygen atoms in total. The summed E-state index contributed by atoms with van der Waals surface area (Å²) in [7, 11) is 0. The molecule has 20 heavy (non-hydrogen) atoms. The number of carbonyl (C=O) groups is 2. The van der Waals surface area contributed by atoms with Crippen LogP contribution in [0.3, 0.4) is 0 Å². The normalized spacial score (nSPS) is 11.8. The lowest BCUT2D eigenvalue weighted by Gasteiger charge is -2.23. The zero-order chi connectivity index (χ0) is 14.8. The average Bonchev–Trinajstić information content (AvgIpc) is 2.46. The summed E-state index contributed by atoms with van der Waals surface area (Å²) in [6, 6.07) is 9.92. The molecule has 0 saturated heterocycles. The number of thioether (sulfide) groups is 1. The van der Waals surface area contributed by atoms with Gasteiger partial charge in [0.25, 0.3) is 0 Å². The third kappa shape index (κ3) is 6.10. The number of aldehydes is 1. The average molecular weight is 295 g/mol. The molecule has 0 spiro atoms. The van der Waals surface area contributed by atoms with Gasteiger partial charge in [0.15, 0.2) is 0 Å². The number of hydrogen-bond donors (Lipinski definition) is 1. The van der Waals surface area contributed by atoms with Crippen molar-refractivity contribution in [3.63, 3.8) is 0 Å². The van der Waals surface area contributed by atoms with Gasteiger partial charge in [0.2, 0.25) is 0 Å². The van der Waals surface area contributed by atoms with E-state index >= 15 is 0 Å². The Balaban J connectivity index is 2.42. The molecule has 0 aromatic heterocycles. The van der Waals surface area contributed by atoms with Crippen molar-refractivity contribution in [3.8, 4) is 0 Å². The van der Waals surface area contributed by atoms with E-state index in [1.165, 1.54) is 16.7 Å². The summed E-state index contributed by atoms with van der Waals surface area (Å²) in [5.41, 5.74) is 1.15. The van der Waals surface area contributed by atoms with E-state index < -0.39 is 6.09 Å². The topological polar surface area (TPSA) is 57.6 Å². The van der Waals surface area contributed by atoms with Crippen LogP contribution in [0.15, 0.2) is 30.3 Å². The number of carbonyl (C=O) groups excluding carboxylic acids is 1. The molecule has 1 aromatic carbocycles. The molecule has 1 aromatic rings. The molecule has 1 rings (SSSR count). The van der Waals surface area contributed by atoms with Crippen molar-refractivity contribution in [2.75, 3.05) is 24.6 Å². The molecule has 0 heterocycles. The molecule has 1 unspecified atom stereocenters. The SMILES string of the molecule is CC(CN(CCCSCC=O)C(=O)O)c1ccccc1. The molecule has 0 bridgehead atoms. The molecule has 0 fully saturated rings. The van der Waals surface area contributed by atoms with Gasteiger partial charge in [0.05, 0.1) is 0 Å². The minimum absolute atomic E-state index is 0.176. The largest absolute Gasteiger partial charge is 0.465 e. The van der Waals surface area contributed by atoms with Crippen molar-refractivity contribution in [2.45, 2.75) is 19.3 Å². The number of hydrogen-bond acceptors (Lipinski definition) is 3. The molecule has 110 valence electrons. The summed E-state index contributed by atoms with van der Waals surface area (Å²) in [4.78, 5) is 22.9. The molecule has 1 atom stereocenters. The van der Waals surface area contributed by atoms with E-state index in [0.717, 1.165) is 24.0 Å². The van der Waals surface area contributed by atoms with Crippen molar-refractivity contribution in [2.24, 2.45) is 0 Å². The number of benzene rings is 1. The van der Waals surface area contributed by atoms with Gasteiger partial charge in [-0.3, -0.25) is 0 Å². The fraction of sp³-hybridized carbons (Fsp3) is 0.467. The molecule has 1 N–H and O–H groups in total. The minimum atomic E-state index is -0.881. The molecule has 0 aliphatic rings. The summed E-state index contributed by atoms with van der Waals surface area (Å²) < 4.78 is 0. The Morgan fingerprint density at radius 2 is 2.10 bits per heavy atom. The second-order valence-electron chi connectivity index (χ2n) is 4.64. The fourth-order valence-electron chi connectivity index (χ4n) is 1.97. The van der Waals surface area contributed by atoms with Gasteiger partial charge in [0.1, 0.15) is 6.29 Å². The number of nitrogens with zero attached hydrogens (tertiary/aromatic N) is 1. The van der Waals surface area contributed by atoms with Crippen molar-refractivity contribution >= 4 is 24.1 Å². The van der Waals surface area contributed by atoms with E-state index in [4.69, 9.17) is 0 Å². The maximum absolute atomic E-state index is 11.2. The van der Waals surface area contributed by atoms with E-state index in [1.807, 2.05) is 37.3 Å². The minimum Gasteiger partial charge on any atom is -0.465 e. The fourth-order valence-corrected chi connectivity index (χ4v) is 2.57. The van der Waals surface area contributed by atoms with Crippen molar-refractivity contribution in [3.05, 3.63) is 35.9 Å². The van der Waals surface area contributed by atoms with Crippen LogP contribution < -0.4 is 0 Å². The van der Waals surface area contributed by atoms with Gasteiger partial charge in [-0.1, -0.05) is 37.3 Å². The predicted octanol–water partition coefficient (Wildman–Crippen LogP) is 3.09. The van der Waals surface area contributed by atoms with Gasteiger partial charge in [-0.15, -0.1) is 0 Å². The standard InChI is InChI=1S/C15H21NO3S/c1-13(14-6-3-2-4-7-14)12-16(15(18)19)8-5-10-20-11-9-17/h2-4,6-7,9,13H,5,8,10-12H2,1H3,(H,18,19). The van der Waals surface area contributed by atoms with Crippen LogP contribution in [-0.4, -0.2) is 47.0 Å². The lowest BCUT2D eigenvalue weighted by molar-refractivity contribution is -0.105. The Morgan fingerprint density at radius 1 is 1.40 bits per heavy atom. The summed E-state index contributed by atoms with van der Waals surface area (Å²) in [5, 5.41) is 9.23. The molecule has 0 radical (unpaired) electrons. The van der Waals surface area contributed by atoms with E-state index in [9.17, 15) is 14.7 Å². The van der Waals surface area contributed by atoms with Crippen LogP contribution in [0.5, 0.6) is 0 Å². The van der Waals surface area contributed by atoms with Crippen LogP contribution in [0.25, 0.3) is 0 Å². The molecule has 5 heteroatoms. The second-order valence-corrected chi connectivity index (χ2v) is 5.79. The quantitative estimate of drug-likeness (QED) is 0.562. The lowest BCUT2D eigenvalue weighted by atomic mass is 10.0. The number of carboxylic acid groups (broad SMARTS) is 1. The van der Waals surface area contributed by atoms with Crippen LogP contribution in [0, 0.1) is 0 Å². The zero-order valence-electron chi connectivity index (χ0n) is 11.7. The van der Waals surface area contributed by atoms with Crippen molar-refractivity contribution < 1.29 is 14.7 Å². The molecule has 1 amide bonds. The van der Waals surface area contributed by atoms with Gasteiger partial charge >= 0.3 is 6.09 Å². The number of rotatable bonds is 9. The maximum Gasteiger partial charge on any atom is 0.407 e.